The predicted octanol–water partition coefficient (Wildman–Crippen LogP) is 5.62. The second kappa shape index (κ2) is 13.9. The number of rotatable bonds is 13. The minimum Gasteiger partial charge on any atom is -0.489 e. The summed E-state index contributed by atoms with van der Waals surface area (Å²) in [6.45, 7) is 3.23. The molecule has 4 rings (SSSR count). The minimum atomic E-state index is -1.05. The molecule has 0 saturated carbocycles. The van der Waals surface area contributed by atoms with Crippen LogP contribution in [-0.4, -0.2) is 28.8 Å². The Morgan fingerprint density at radius 3 is 2.50 bits per heavy atom. The average molecular weight is 537 g/mol. The van der Waals surface area contributed by atoms with Crippen LogP contribution in [0.5, 0.6) is 11.5 Å². The van der Waals surface area contributed by atoms with Gasteiger partial charge in [0.2, 0.25) is 0 Å². The molecule has 4 aromatic carbocycles. The van der Waals surface area contributed by atoms with E-state index in [-0.39, 0.29) is 19.6 Å². The van der Waals surface area contributed by atoms with E-state index in [9.17, 15) is 15.2 Å². The first-order chi connectivity index (χ1) is 19.4. The number of nitrogens with zero attached hydrogens (tertiary/aromatic N) is 1. The molecule has 0 aromatic heterocycles. The summed E-state index contributed by atoms with van der Waals surface area (Å²) < 4.78 is 12.3. The molecule has 0 heterocycles. The first-order valence-corrected chi connectivity index (χ1v) is 13.0. The van der Waals surface area contributed by atoms with Crippen molar-refractivity contribution < 1.29 is 24.5 Å². The summed E-state index contributed by atoms with van der Waals surface area (Å²) in [7, 11) is 0. The molecule has 0 bridgehead atoms. The van der Waals surface area contributed by atoms with E-state index in [0.29, 0.717) is 30.2 Å². The number of carboxylic acid groups (broad SMARTS) is 1. The lowest BCUT2D eigenvalue weighted by atomic mass is 9.97. The minimum absolute atomic E-state index is 0.130. The van der Waals surface area contributed by atoms with Gasteiger partial charge in [-0.2, -0.15) is 5.26 Å². The third kappa shape index (κ3) is 7.93. The average Bonchev–Trinajstić information content (AvgIpc) is 2.96. The molecule has 204 valence electrons. The van der Waals surface area contributed by atoms with Gasteiger partial charge in [0.15, 0.2) is 0 Å². The van der Waals surface area contributed by atoms with E-state index in [1.165, 1.54) is 0 Å². The number of nitriles is 1. The molecule has 3 N–H and O–H groups in total. The zero-order valence-electron chi connectivity index (χ0n) is 22.3. The van der Waals surface area contributed by atoms with Crippen molar-refractivity contribution in [2.45, 2.75) is 39.2 Å². The number of hydrogen-bond acceptors (Lipinski definition) is 6. The Morgan fingerprint density at radius 2 is 1.73 bits per heavy atom. The van der Waals surface area contributed by atoms with Crippen LogP contribution >= 0.6 is 0 Å². The number of nitrogens with one attached hydrogen (secondary N) is 1. The van der Waals surface area contributed by atoms with Gasteiger partial charge in [0.1, 0.15) is 24.7 Å². The highest BCUT2D eigenvalue weighted by atomic mass is 16.5. The van der Waals surface area contributed by atoms with Crippen molar-refractivity contribution in [2.75, 3.05) is 6.54 Å². The summed E-state index contributed by atoms with van der Waals surface area (Å²) in [5.41, 5.74) is 6.79. The molecule has 7 heteroatoms. The molecule has 0 unspecified atom stereocenters. The molecule has 4 aromatic rings. The SMILES string of the molecule is Cc1c(COc2ccc(CNC[C@@H](O)CC(=O)O)c(OCc3cccc(C#N)c3)c2)cccc1-c1ccccc1. The van der Waals surface area contributed by atoms with Crippen LogP contribution in [-0.2, 0) is 24.6 Å². The number of aliphatic hydroxyl groups is 1. The van der Waals surface area contributed by atoms with Gasteiger partial charge < -0.3 is 25.0 Å². The molecule has 40 heavy (non-hydrogen) atoms. The molecular formula is C33H32N2O5. The molecule has 0 radical (unpaired) electrons. The van der Waals surface area contributed by atoms with Crippen LogP contribution in [0.15, 0.2) is 91.0 Å². The molecule has 0 fully saturated rings. The van der Waals surface area contributed by atoms with Gasteiger partial charge >= 0.3 is 5.97 Å². The van der Waals surface area contributed by atoms with Crippen molar-refractivity contribution >= 4 is 5.97 Å². The molecular weight excluding hydrogens is 504 g/mol. The monoisotopic (exact) mass is 536 g/mol. The maximum absolute atomic E-state index is 10.8. The normalized spacial score (nSPS) is 11.4. The molecule has 0 spiro atoms. The Kier molecular flexibility index (Phi) is 9.89. The van der Waals surface area contributed by atoms with Gasteiger partial charge in [-0.25, -0.2) is 0 Å². The fourth-order valence-corrected chi connectivity index (χ4v) is 4.38. The number of carbonyl (C=O) groups is 1. The molecule has 0 aliphatic heterocycles. The van der Waals surface area contributed by atoms with Crippen LogP contribution in [0.4, 0.5) is 0 Å². The van der Waals surface area contributed by atoms with E-state index in [4.69, 9.17) is 14.6 Å². The summed E-state index contributed by atoms with van der Waals surface area (Å²) in [5.74, 6) is 0.179. The second-order valence-electron chi connectivity index (χ2n) is 9.50. The van der Waals surface area contributed by atoms with Crippen LogP contribution in [0.25, 0.3) is 11.1 Å². The lowest BCUT2D eigenvalue weighted by Crippen LogP contribution is -2.28. The predicted molar refractivity (Wildman–Crippen MR) is 153 cm³/mol. The Hall–Kier alpha value is -4.64. The van der Waals surface area contributed by atoms with Crippen molar-refractivity contribution in [1.29, 1.82) is 5.26 Å². The lowest BCUT2D eigenvalue weighted by Gasteiger charge is -2.17. The van der Waals surface area contributed by atoms with Crippen molar-refractivity contribution in [3.8, 4) is 28.7 Å². The summed E-state index contributed by atoms with van der Waals surface area (Å²) in [6.07, 6.45) is -1.32. The van der Waals surface area contributed by atoms with Gasteiger partial charge in [-0.1, -0.05) is 66.7 Å². The second-order valence-corrected chi connectivity index (χ2v) is 9.50. The number of carboxylic acids is 1. The largest absolute Gasteiger partial charge is 0.489 e. The molecule has 0 amide bonds. The summed E-state index contributed by atoms with van der Waals surface area (Å²) in [6, 6.07) is 31.4. The molecule has 0 aliphatic rings. The molecule has 1 atom stereocenters. The highest BCUT2D eigenvalue weighted by molar-refractivity contribution is 5.68. The van der Waals surface area contributed by atoms with Crippen LogP contribution in [0.2, 0.25) is 0 Å². The van der Waals surface area contributed by atoms with Gasteiger partial charge in [0.05, 0.1) is 24.2 Å². The van der Waals surface area contributed by atoms with Crippen molar-refractivity contribution in [3.05, 3.63) is 119 Å². The van der Waals surface area contributed by atoms with Crippen molar-refractivity contribution in [3.63, 3.8) is 0 Å². The van der Waals surface area contributed by atoms with E-state index < -0.39 is 12.1 Å². The third-order valence-electron chi connectivity index (χ3n) is 6.52. The van der Waals surface area contributed by atoms with Crippen LogP contribution in [0.3, 0.4) is 0 Å². The standard InChI is InChI=1S/C33H32N2O5/c1-23-28(11-6-12-31(23)26-9-3-2-4-10-26)22-39-30-14-13-27(19-35-20-29(36)16-33(37)38)32(17-30)40-21-25-8-5-7-24(15-25)18-34/h2-15,17,29,35-36H,16,19-22H2,1H3,(H,37,38)/t29-/m0/s1. The highest BCUT2D eigenvalue weighted by Gasteiger charge is 2.12. The van der Waals surface area contributed by atoms with Gasteiger partial charge in [-0.15, -0.1) is 0 Å². The van der Waals surface area contributed by atoms with Crippen LogP contribution in [0.1, 0.15) is 34.2 Å². The Morgan fingerprint density at radius 1 is 0.925 bits per heavy atom. The van der Waals surface area contributed by atoms with E-state index in [0.717, 1.165) is 33.4 Å². The zero-order valence-corrected chi connectivity index (χ0v) is 22.3. The fourth-order valence-electron chi connectivity index (χ4n) is 4.38. The first kappa shape index (κ1) is 28.4. The number of aliphatic hydroxyl groups excluding tert-OH is 1. The van der Waals surface area contributed by atoms with Crippen LogP contribution < -0.4 is 14.8 Å². The smallest absolute Gasteiger partial charge is 0.306 e. The van der Waals surface area contributed by atoms with Gasteiger partial charge in [-0.05, 0) is 52.9 Å². The Balaban J connectivity index is 1.49. The quantitative estimate of drug-likeness (QED) is 0.203. The third-order valence-corrected chi connectivity index (χ3v) is 6.52. The van der Waals surface area contributed by atoms with Crippen molar-refractivity contribution in [2.24, 2.45) is 0 Å². The molecule has 7 nitrogen and oxygen atoms in total. The Bertz CT molecular complexity index is 1480. The van der Waals surface area contributed by atoms with Gasteiger partial charge in [-0.3, -0.25) is 4.79 Å². The van der Waals surface area contributed by atoms with Gasteiger partial charge in [0, 0.05) is 24.7 Å². The van der Waals surface area contributed by atoms with E-state index in [1.54, 1.807) is 12.1 Å². The van der Waals surface area contributed by atoms with E-state index in [2.05, 4.69) is 42.6 Å². The topological polar surface area (TPSA) is 112 Å². The van der Waals surface area contributed by atoms with Gasteiger partial charge in [0.25, 0.3) is 0 Å². The number of ether oxygens (including phenoxy) is 2. The fraction of sp³-hybridized carbons (Fsp3) is 0.212. The van der Waals surface area contributed by atoms with Crippen LogP contribution in [0, 0.1) is 18.3 Å². The molecule has 0 aliphatic carbocycles. The maximum Gasteiger partial charge on any atom is 0.306 e. The molecule has 0 saturated heterocycles. The number of hydrogen-bond donors (Lipinski definition) is 3. The number of benzene rings is 4. The van der Waals surface area contributed by atoms with Crippen molar-refractivity contribution in [1.82, 2.24) is 5.32 Å². The van der Waals surface area contributed by atoms with E-state index in [1.807, 2.05) is 54.6 Å². The highest BCUT2D eigenvalue weighted by Crippen LogP contribution is 2.29. The van der Waals surface area contributed by atoms with E-state index >= 15 is 0 Å². The summed E-state index contributed by atoms with van der Waals surface area (Å²) in [4.78, 5) is 10.8. The zero-order chi connectivity index (χ0) is 28.3. The Labute approximate surface area is 234 Å². The first-order valence-electron chi connectivity index (χ1n) is 13.0. The maximum atomic E-state index is 10.8. The lowest BCUT2D eigenvalue weighted by molar-refractivity contribution is -0.139. The summed E-state index contributed by atoms with van der Waals surface area (Å²) in [5, 5.41) is 31.1. The number of aliphatic carboxylic acids is 1. The summed E-state index contributed by atoms with van der Waals surface area (Å²) >= 11 is 0.